The molecule has 124 valence electrons. The van der Waals surface area contributed by atoms with Crippen LogP contribution in [0.4, 0.5) is 11.4 Å². The number of rotatable bonds is 3. The summed E-state index contributed by atoms with van der Waals surface area (Å²) in [5.41, 5.74) is 2.60. The standard InChI is InChI=1S/C19H15N3O3/c23-18-13-5-1-3-7-15(13)21-17-11-12(9-10-22(17)18)20-16-8-4-2-6-14(16)19(24)25/h1-11,17,20-21H,(H,24,25)/p-1/t17-/m0/s1. The van der Waals surface area contributed by atoms with Gasteiger partial charge in [0.05, 0.1) is 11.5 Å². The third kappa shape index (κ3) is 2.63. The van der Waals surface area contributed by atoms with Crippen LogP contribution in [0, 0.1) is 0 Å². The molecular formula is C19H14N3O3-. The highest BCUT2D eigenvalue weighted by molar-refractivity contribution is 6.02. The molecule has 0 radical (unpaired) electrons. The second-order valence-corrected chi connectivity index (χ2v) is 5.74. The number of carbonyl (C=O) groups is 2. The summed E-state index contributed by atoms with van der Waals surface area (Å²) in [6.07, 6.45) is 4.90. The van der Waals surface area contributed by atoms with Gasteiger partial charge in [-0.3, -0.25) is 9.69 Å². The molecule has 1 amide bonds. The number of aromatic carboxylic acids is 1. The minimum Gasteiger partial charge on any atom is -0.545 e. The van der Waals surface area contributed by atoms with Gasteiger partial charge in [-0.25, -0.2) is 0 Å². The van der Waals surface area contributed by atoms with E-state index in [1.54, 1.807) is 41.4 Å². The lowest BCUT2D eigenvalue weighted by Crippen LogP contribution is -2.46. The lowest BCUT2D eigenvalue weighted by atomic mass is 10.1. The van der Waals surface area contributed by atoms with Crippen molar-refractivity contribution in [3.63, 3.8) is 0 Å². The molecule has 4 rings (SSSR count). The molecule has 2 aliphatic rings. The summed E-state index contributed by atoms with van der Waals surface area (Å²) < 4.78 is 0. The van der Waals surface area contributed by atoms with Gasteiger partial charge >= 0.3 is 0 Å². The molecule has 0 aromatic heterocycles. The van der Waals surface area contributed by atoms with Crippen LogP contribution in [0.25, 0.3) is 0 Å². The third-order valence-corrected chi connectivity index (χ3v) is 4.17. The van der Waals surface area contributed by atoms with Gasteiger partial charge in [-0.05, 0) is 30.4 Å². The van der Waals surface area contributed by atoms with Crippen molar-refractivity contribution in [2.45, 2.75) is 6.17 Å². The number of fused-ring (bicyclic) bond motifs is 2. The minimum absolute atomic E-state index is 0.0808. The van der Waals surface area contributed by atoms with Crippen molar-refractivity contribution in [2.24, 2.45) is 0 Å². The van der Waals surface area contributed by atoms with Gasteiger partial charge < -0.3 is 20.5 Å². The number of allylic oxidation sites excluding steroid dienone is 1. The molecule has 2 aromatic carbocycles. The molecule has 6 heteroatoms. The summed E-state index contributed by atoms with van der Waals surface area (Å²) in [4.78, 5) is 25.4. The molecule has 1 atom stereocenters. The predicted molar refractivity (Wildman–Crippen MR) is 91.6 cm³/mol. The highest BCUT2D eigenvalue weighted by Gasteiger charge is 2.30. The highest BCUT2D eigenvalue weighted by Crippen LogP contribution is 2.29. The van der Waals surface area contributed by atoms with Crippen LogP contribution in [0.2, 0.25) is 0 Å². The van der Waals surface area contributed by atoms with Crippen LogP contribution in [-0.4, -0.2) is 22.9 Å². The van der Waals surface area contributed by atoms with Crippen LogP contribution in [0.5, 0.6) is 0 Å². The SMILES string of the molecule is O=C([O-])c1ccccc1NC1=C[C@H]2Nc3ccccc3C(=O)N2C=C1. The van der Waals surface area contributed by atoms with Crippen molar-refractivity contribution in [1.82, 2.24) is 4.90 Å². The normalized spacial score (nSPS) is 17.9. The van der Waals surface area contributed by atoms with Gasteiger partial charge in [-0.2, -0.15) is 0 Å². The van der Waals surface area contributed by atoms with E-state index in [9.17, 15) is 14.7 Å². The second kappa shape index (κ2) is 5.83. The summed E-state index contributed by atoms with van der Waals surface area (Å²) in [6.45, 7) is 0. The number of anilines is 2. The third-order valence-electron chi connectivity index (χ3n) is 4.17. The van der Waals surface area contributed by atoms with Gasteiger partial charge in [0.1, 0.15) is 6.17 Å². The summed E-state index contributed by atoms with van der Waals surface area (Å²) in [5.74, 6) is -1.33. The Morgan fingerprint density at radius 1 is 1.12 bits per heavy atom. The monoisotopic (exact) mass is 332 g/mol. The molecule has 6 nitrogen and oxygen atoms in total. The van der Waals surface area contributed by atoms with Crippen molar-refractivity contribution < 1.29 is 14.7 Å². The van der Waals surface area contributed by atoms with Gasteiger partial charge in [0, 0.05) is 28.8 Å². The summed E-state index contributed by atoms with van der Waals surface area (Å²) >= 11 is 0. The zero-order valence-corrected chi connectivity index (χ0v) is 13.1. The van der Waals surface area contributed by atoms with E-state index in [1.807, 2.05) is 24.3 Å². The topological polar surface area (TPSA) is 84.5 Å². The van der Waals surface area contributed by atoms with E-state index < -0.39 is 5.97 Å². The van der Waals surface area contributed by atoms with E-state index in [0.717, 1.165) is 5.69 Å². The summed E-state index contributed by atoms with van der Waals surface area (Å²) in [6, 6.07) is 13.9. The molecule has 0 fully saturated rings. The molecule has 0 unspecified atom stereocenters. The fourth-order valence-corrected chi connectivity index (χ4v) is 2.97. The molecule has 0 aliphatic carbocycles. The summed E-state index contributed by atoms with van der Waals surface area (Å²) in [5, 5.41) is 17.6. The smallest absolute Gasteiger partial charge is 0.261 e. The molecular weight excluding hydrogens is 318 g/mol. The van der Waals surface area contributed by atoms with E-state index in [2.05, 4.69) is 10.6 Å². The molecule has 2 aromatic rings. The number of carboxylic acids is 1. The largest absolute Gasteiger partial charge is 0.545 e. The number of carbonyl (C=O) groups excluding carboxylic acids is 2. The zero-order valence-electron chi connectivity index (χ0n) is 13.1. The second-order valence-electron chi connectivity index (χ2n) is 5.74. The number of carboxylic acid groups (broad SMARTS) is 1. The maximum absolute atomic E-state index is 12.6. The molecule has 2 heterocycles. The van der Waals surface area contributed by atoms with Crippen LogP contribution in [-0.2, 0) is 0 Å². The lowest BCUT2D eigenvalue weighted by molar-refractivity contribution is -0.254. The number of hydrogen-bond donors (Lipinski definition) is 2. The molecule has 0 bridgehead atoms. The number of amides is 1. The van der Waals surface area contributed by atoms with Crippen molar-refractivity contribution in [1.29, 1.82) is 0 Å². The predicted octanol–water partition coefficient (Wildman–Crippen LogP) is 1.77. The number of nitrogens with one attached hydrogen (secondary N) is 2. The quantitative estimate of drug-likeness (QED) is 0.895. The number of hydrogen-bond acceptors (Lipinski definition) is 5. The molecule has 25 heavy (non-hydrogen) atoms. The van der Waals surface area contributed by atoms with Crippen LogP contribution < -0.4 is 15.7 Å². The van der Waals surface area contributed by atoms with Crippen molar-refractivity contribution in [3.8, 4) is 0 Å². The first-order chi connectivity index (χ1) is 12.1. The Morgan fingerprint density at radius 3 is 2.72 bits per heavy atom. The molecule has 0 saturated heterocycles. The van der Waals surface area contributed by atoms with Gasteiger partial charge in [0.15, 0.2) is 0 Å². The molecule has 2 N–H and O–H groups in total. The Balaban J connectivity index is 1.63. The highest BCUT2D eigenvalue weighted by atomic mass is 16.4. The fraction of sp³-hybridized carbons (Fsp3) is 0.0526. The first kappa shape index (κ1) is 15.0. The van der Waals surface area contributed by atoms with Gasteiger partial charge in [-0.1, -0.05) is 30.3 Å². The maximum atomic E-state index is 12.6. The van der Waals surface area contributed by atoms with Crippen molar-refractivity contribution in [2.75, 3.05) is 10.6 Å². The first-order valence-corrected chi connectivity index (χ1v) is 7.79. The van der Waals surface area contributed by atoms with Crippen molar-refractivity contribution in [3.05, 3.63) is 83.7 Å². The minimum atomic E-state index is -1.25. The average Bonchev–Trinajstić information content (AvgIpc) is 2.62. The fourth-order valence-electron chi connectivity index (χ4n) is 2.97. The Kier molecular flexibility index (Phi) is 3.50. The summed E-state index contributed by atoms with van der Waals surface area (Å²) in [7, 11) is 0. The maximum Gasteiger partial charge on any atom is 0.261 e. The van der Waals surface area contributed by atoms with Crippen molar-refractivity contribution >= 4 is 23.3 Å². The van der Waals surface area contributed by atoms with E-state index in [4.69, 9.17) is 0 Å². The Morgan fingerprint density at radius 2 is 1.88 bits per heavy atom. The number of nitrogens with zero attached hydrogens (tertiary/aromatic N) is 1. The molecule has 2 aliphatic heterocycles. The Bertz CT molecular complexity index is 933. The van der Waals surface area contributed by atoms with E-state index in [-0.39, 0.29) is 17.6 Å². The van der Waals surface area contributed by atoms with E-state index >= 15 is 0 Å². The van der Waals surface area contributed by atoms with Crippen LogP contribution in [0.3, 0.4) is 0 Å². The number of benzene rings is 2. The van der Waals surface area contributed by atoms with Crippen LogP contribution in [0.15, 0.2) is 72.6 Å². The molecule has 0 saturated carbocycles. The van der Waals surface area contributed by atoms with Gasteiger partial charge in [-0.15, -0.1) is 0 Å². The van der Waals surface area contributed by atoms with Gasteiger partial charge in [0.2, 0.25) is 0 Å². The Hall–Kier alpha value is -3.54. The first-order valence-electron chi connectivity index (χ1n) is 7.79. The van der Waals surface area contributed by atoms with E-state index in [1.165, 1.54) is 6.07 Å². The van der Waals surface area contributed by atoms with Crippen LogP contribution >= 0.6 is 0 Å². The number of para-hydroxylation sites is 2. The zero-order chi connectivity index (χ0) is 17.4. The van der Waals surface area contributed by atoms with E-state index in [0.29, 0.717) is 16.9 Å². The Labute approximate surface area is 144 Å². The molecule has 0 spiro atoms. The van der Waals surface area contributed by atoms with Crippen LogP contribution in [0.1, 0.15) is 20.7 Å². The van der Waals surface area contributed by atoms with Gasteiger partial charge in [0.25, 0.3) is 5.91 Å². The average molecular weight is 332 g/mol. The lowest BCUT2D eigenvalue weighted by Gasteiger charge is -2.36.